The van der Waals surface area contributed by atoms with Crippen molar-refractivity contribution in [2.45, 2.75) is 0 Å². The van der Waals surface area contributed by atoms with E-state index in [1.165, 1.54) is 0 Å². The van der Waals surface area contributed by atoms with E-state index < -0.39 is 0 Å². The molecule has 0 aromatic heterocycles. The molecule has 0 fully saturated rings. The maximum atomic E-state index is 11.9. The summed E-state index contributed by atoms with van der Waals surface area (Å²) in [6, 6.07) is 4.94. The molecule has 0 bridgehead atoms. The van der Waals surface area contributed by atoms with Gasteiger partial charge in [0.2, 0.25) is 0 Å². The Bertz CT molecular complexity index is 421. The minimum absolute atomic E-state index is 0.0509. The van der Waals surface area contributed by atoms with Crippen LogP contribution in [0.25, 0.3) is 0 Å². The molecule has 1 aromatic carbocycles. The third-order valence-electron chi connectivity index (χ3n) is 2.33. The van der Waals surface area contributed by atoms with Gasteiger partial charge in [0.1, 0.15) is 0 Å². The van der Waals surface area contributed by atoms with Crippen LogP contribution in [-0.4, -0.2) is 23.9 Å². The molecule has 0 unspecified atom stereocenters. The number of nitrogen functional groups attached to an aromatic ring is 1. The third-order valence-corrected chi connectivity index (χ3v) is 2.64. The predicted octanol–water partition coefficient (Wildman–Crippen LogP) is 1.93. The van der Waals surface area contributed by atoms with Crippen LogP contribution >= 0.6 is 11.6 Å². The van der Waals surface area contributed by atoms with E-state index in [0.29, 0.717) is 29.4 Å². The second kappa shape index (κ2) is 3.95. The van der Waals surface area contributed by atoms with Crippen LogP contribution in [0.1, 0.15) is 10.4 Å². The summed E-state index contributed by atoms with van der Waals surface area (Å²) in [6.45, 7) is 1.30. The molecule has 1 aromatic rings. The molecule has 0 saturated carbocycles. The zero-order valence-electron chi connectivity index (χ0n) is 8.11. The second-order valence-electron chi connectivity index (χ2n) is 3.42. The van der Waals surface area contributed by atoms with Gasteiger partial charge in [-0.25, -0.2) is 0 Å². The van der Waals surface area contributed by atoms with E-state index in [0.717, 1.165) is 0 Å². The van der Waals surface area contributed by atoms with Gasteiger partial charge in [0.15, 0.2) is 0 Å². The summed E-state index contributed by atoms with van der Waals surface area (Å²) >= 11 is 5.95. The van der Waals surface area contributed by atoms with Crippen molar-refractivity contribution in [3.05, 3.63) is 40.9 Å². The quantitative estimate of drug-likeness (QED) is 0.583. The Labute approximate surface area is 93.1 Å². The van der Waals surface area contributed by atoms with Crippen molar-refractivity contribution in [1.29, 1.82) is 0 Å². The summed E-state index contributed by atoms with van der Waals surface area (Å²) < 4.78 is 0. The van der Waals surface area contributed by atoms with Gasteiger partial charge in [-0.15, -0.1) is 0 Å². The molecule has 2 rings (SSSR count). The normalized spacial score (nSPS) is 14.6. The van der Waals surface area contributed by atoms with Crippen molar-refractivity contribution in [2.24, 2.45) is 0 Å². The molecule has 0 spiro atoms. The highest BCUT2D eigenvalue weighted by molar-refractivity contribution is 6.34. The molecule has 0 saturated heterocycles. The number of benzene rings is 1. The molecule has 2 N–H and O–H groups in total. The number of anilines is 1. The summed E-state index contributed by atoms with van der Waals surface area (Å²) in [5.74, 6) is -0.0509. The Balaban J connectivity index is 2.25. The molecule has 1 amide bonds. The molecular weight excluding hydrogens is 212 g/mol. The fourth-order valence-electron chi connectivity index (χ4n) is 1.52. The largest absolute Gasteiger partial charge is 0.399 e. The van der Waals surface area contributed by atoms with E-state index in [4.69, 9.17) is 17.3 Å². The van der Waals surface area contributed by atoms with Crippen molar-refractivity contribution < 1.29 is 4.79 Å². The molecule has 15 heavy (non-hydrogen) atoms. The van der Waals surface area contributed by atoms with Crippen molar-refractivity contribution in [3.63, 3.8) is 0 Å². The van der Waals surface area contributed by atoms with E-state index >= 15 is 0 Å². The molecule has 1 heterocycles. The highest BCUT2D eigenvalue weighted by atomic mass is 35.5. The van der Waals surface area contributed by atoms with E-state index in [9.17, 15) is 4.79 Å². The monoisotopic (exact) mass is 222 g/mol. The molecule has 0 aliphatic carbocycles. The van der Waals surface area contributed by atoms with Gasteiger partial charge in [0, 0.05) is 18.8 Å². The number of nitrogens with two attached hydrogens (primary N) is 1. The van der Waals surface area contributed by atoms with Crippen LogP contribution in [0.3, 0.4) is 0 Å². The number of hydrogen-bond acceptors (Lipinski definition) is 2. The lowest BCUT2D eigenvalue weighted by molar-refractivity contribution is 0.0800. The SMILES string of the molecule is Nc1ccc(C(=O)N2CC=CC2)c(Cl)c1. The van der Waals surface area contributed by atoms with Gasteiger partial charge in [-0.1, -0.05) is 23.8 Å². The van der Waals surface area contributed by atoms with E-state index in [-0.39, 0.29) is 5.91 Å². The van der Waals surface area contributed by atoms with Crippen molar-refractivity contribution in [1.82, 2.24) is 4.90 Å². The second-order valence-corrected chi connectivity index (χ2v) is 3.83. The van der Waals surface area contributed by atoms with Crippen LogP contribution < -0.4 is 5.73 Å². The number of nitrogens with zero attached hydrogens (tertiary/aromatic N) is 1. The number of amides is 1. The summed E-state index contributed by atoms with van der Waals surface area (Å²) in [5, 5.41) is 0.409. The topological polar surface area (TPSA) is 46.3 Å². The lowest BCUT2D eigenvalue weighted by atomic mass is 10.2. The van der Waals surface area contributed by atoms with Gasteiger partial charge < -0.3 is 10.6 Å². The Kier molecular flexibility index (Phi) is 2.64. The molecule has 4 heteroatoms. The van der Waals surface area contributed by atoms with Crippen LogP contribution in [0.2, 0.25) is 5.02 Å². The lowest BCUT2D eigenvalue weighted by Crippen LogP contribution is -2.28. The van der Waals surface area contributed by atoms with E-state index in [1.54, 1.807) is 23.1 Å². The number of carbonyl (C=O) groups is 1. The van der Waals surface area contributed by atoms with Crippen molar-refractivity contribution in [3.8, 4) is 0 Å². The minimum atomic E-state index is -0.0509. The third kappa shape index (κ3) is 1.97. The molecule has 1 aliphatic rings. The fraction of sp³-hybridized carbons (Fsp3) is 0.182. The zero-order valence-corrected chi connectivity index (χ0v) is 8.87. The van der Waals surface area contributed by atoms with Gasteiger partial charge in [-0.3, -0.25) is 4.79 Å². The highest BCUT2D eigenvalue weighted by Gasteiger charge is 2.18. The van der Waals surface area contributed by atoms with Gasteiger partial charge >= 0.3 is 0 Å². The maximum absolute atomic E-state index is 11.9. The molecule has 0 radical (unpaired) electrons. The van der Waals surface area contributed by atoms with Gasteiger partial charge in [-0.05, 0) is 18.2 Å². The average molecular weight is 223 g/mol. The Morgan fingerprint density at radius 1 is 1.33 bits per heavy atom. The Hall–Kier alpha value is -1.48. The number of halogens is 1. The summed E-state index contributed by atoms with van der Waals surface area (Å²) in [5.41, 5.74) is 6.63. The average Bonchev–Trinajstić information content (AvgIpc) is 2.69. The van der Waals surface area contributed by atoms with Crippen LogP contribution in [0, 0.1) is 0 Å². The first-order valence-corrected chi connectivity index (χ1v) is 5.05. The fourth-order valence-corrected chi connectivity index (χ4v) is 1.79. The maximum Gasteiger partial charge on any atom is 0.255 e. The molecule has 1 aliphatic heterocycles. The standard InChI is InChI=1S/C11H11ClN2O/c12-10-7-8(13)3-4-9(10)11(15)14-5-1-2-6-14/h1-4,7H,5-6,13H2. The summed E-state index contributed by atoms with van der Waals surface area (Å²) in [4.78, 5) is 13.7. The van der Waals surface area contributed by atoms with E-state index in [1.807, 2.05) is 12.2 Å². The molecule has 78 valence electrons. The summed E-state index contributed by atoms with van der Waals surface area (Å²) in [7, 11) is 0. The molecule has 3 nitrogen and oxygen atoms in total. The van der Waals surface area contributed by atoms with Gasteiger partial charge in [-0.2, -0.15) is 0 Å². The number of hydrogen-bond donors (Lipinski definition) is 1. The van der Waals surface area contributed by atoms with Gasteiger partial charge in [0.05, 0.1) is 10.6 Å². The zero-order chi connectivity index (χ0) is 10.8. The van der Waals surface area contributed by atoms with Crippen molar-refractivity contribution >= 4 is 23.2 Å². The van der Waals surface area contributed by atoms with Crippen LogP contribution in [0.5, 0.6) is 0 Å². The predicted molar refractivity (Wildman–Crippen MR) is 60.9 cm³/mol. The first-order valence-electron chi connectivity index (χ1n) is 4.68. The Morgan fingerprint density at radius 3 is 2.60 bits per heavy atom. The first kappa shape index (κ1) is 10.1. The number of carbonyl (C=O) groups excluding carboxylic acids is 1. The van der Waals surface area contributed by atoms with Crippen molar-refractivity contribution in [2.75, 3.05) is 18.8 Å². The smallest absolute Gasteiger partial charge is 0.255 e. The molecule has 0 atom stereocenters. The molecular formula is C11H11ClN2O. The minimum Gasteiger partial charge on any atom is -0.399 e. The van der Waals surface area contributed by atoms with Crippen LogP contribution in [0.4, 0.5) is 5.69 Å². The van der Waals surface area contributed by atoms with Gasteiger partial charge in [0.25, 0.3) is 5.91 Å². The van der Waals surface area contributed by atoms with E-state index in [2.05, 4.69) is 0 Å². The lowest BCUT2D eigenvalue weighted by Gasteiger charge is -2.16. The number of rotatable bonds is 1. The van der Waals surface area contributed by atoms with Crippen LogP contribution in [-0.2, 0) is 0 Å². The highest BCUT2D eigenvalue weighted by Crippen LogP contribution is 2.21. The Morgan fingerprint density at radius 2 is 2.00 bits per heavy atom. The summed E-state index contributed by atoms with van der Waals surface area (Å²) in [6.07, 6.45) is 3.92. The first-order chi connectivity index (χ1) is 7.18. The van der Waals surface area contributed by atoms with Crippen LogP contribution in [0.15, 0.2) is 30.4 Å².